The van der Waals surface area contributed by atoms with Crippen LogP contribution in [0.15, 0.2) is 206 Å². The van der Waals surface area contributed by atoms with Crippen LogP contribution < -0.4 is 0 Å². The summed E-state index contributed by atoms with van der Waals surface area (Å²) >= 11 is 0. The lowest BCUT2D eigenvalue weighted by atomic mass is 9.79. The molecule has 0 aliphatic carbocycles. The van der Waals surface area contributed by atoms with Crippen LogP contribution in [0.4, 0.5) is 0 Å². The second-order valence-corrected chi connectivity index (χ2v) is 20.4. The molecule has 0 aliphatic rings. The molecule has 0 saturated carbocycles. The van der Waals surface area contributed by atoms with Gasteiger partial charge in [-0.05, 0) is 154 Å². The van der Waals surface area contributed by atoms with Crippen LogP contribution in [-0.2, 0) is 17.4 Å². The van der Waals surface area contributed by atoms with Crippen molar-refractivity contribution in [2.24, 2.45) is 0 Å². The predicted molar refractivity (Wildman–Crippen MR) is 290 cm³/mol. The van der Waals surface area contributed by atoms with Crippen LogP contribution in [0.1, 0.15) is 59.6 Å². The van der Waals surface area contributed by atoms with Gasteiger partial charge in [0.25, 0.3) is 0 Å². The van der Waals surface area contributed by atoms with Gasteiger partial charge in [-0.3, -0.25) is 0 Å². The number of nitrogens with zero attached hydrogens (tertiary/aromatic N) is 1. The smallest absolute Gasteiger partial charge is 0.0491 e. The summed E-state index contributed by atoms with van der Waals surface area (Å²) in [5.74, 6) is 0. The van der Waals surface area contributed by atoms with Crippen molar-refractivity contribution in [1.82, 2.24) is 4.57 Å². The summed E-state index contributed by atoms with van der Waals surface area (Å²) in [6.45, 7) is 17.1. The van der Waals surface area contributed by atoms with Crippen molar-refractivity contribution in [1.29, 1.82) is 0 Å². The molecule has 0 N–H and O–H groups in total. The Morgan fingerprint density at radius 1 is 0.284 bits per heavy atom. The molecule has 11 rings (SSSR count). The van der Waals surface area contributed by atoms with Gasteiger partial charge in [-0.2, -0.15) is 0 Å². The Labute approximate surface area is 396 Å². The molecule has 10 aromatic carbocycles. The average Bonchev–Trinajstić information content (AvgIpc) is 3.67. The van der Waals surface area contributed by atoms with Gasteiger partial charge >= 0.3 is 0 Å². The largest absolute Gasteiger partial charge is 0.341 e. The van der Waals surface area contributed by atoms with Crippen LogP contribution in [0.3, 0.4) is 0 Å². The molecule has 0 aliphatic heterocycles. The van der Waals surface area contributed by atoms with Crippen LogP contribution in [0, 0.1) is 0 Å². The molecule has 326 valence electrons. The SMILES string of the molecule is CCn1c2ccc(-c3ccccc3)cc2c2cc(-c3ccc(-c4ccc(-c5c6ccc(C(C)(C)C)cc6c(-c6ccc(-c7ccccc7)cc6)c6ccc(C(C)(C)C)cc56)cc4)cc3)ccc21. The van der Waals surface area contributed by atoms with E-state index in [0.29, 0.717) is 0 Å². The first-order valence-electron chi connectivity index (χ1n) is 24.0. The average molecular weight is 864 g/mol. The monoisotopic (exact) mass is 863 g/mol. The third kappa shape index (κ3) is 7.63. The van der Waals surface area contributed by atoms with E-state index in [0.717, 1.165) is 6.54 Å². The molecule has 0 saturated heterocycles. The number of hydrogen-bond acceptors (Lipinski definition) is 0. The quantitative estimate of drug-likeness (QED) is 0.141. The molecule has 1 nitrogen and oxygen atoms in total. The fourth-order valence-electron chi connectivity index (χ4n) is 10.4. The van der Waals surface area contributed by atoms with Crippen molar-refractivity contribution in [3.8, 4) is 66.8 Å². The van der Waals surface area contributed by atoms with Gasteiger partial charge in [-0.15, -0.1) is 0 Å². The first kappa shape index (κ1) is 42.2. The molecule has 0 fully saturated rings. The lowest BCUT2D eigenvalue weighted by molar-refractivity contribution is 0.590. The maximum atomic E-state index is 2.47. The number of aromatic nitrogens is 1. The summed E-state index contributed by atoms with van der Waals surface area (Å²) in [5.41, 5.74) is 20.1. The van der Waals surface area contributed by atoms with Crippen molar-refractivity contribution in [3.05, 3.63) is 217 Å². The minimum Gasteiger partial charge on any atom is -0.341 e. The van der Waals surface area contributed by atoms with Crippen LogP contribution >= 0.6 is 0 Å². The van der Waals surface area contributed by atoms with E-state index in [4.69, 9.17) is 0 Å². The van der Waals surface area contributed by atoms with Gasteiger partial charge < -0.3 is 4.57 Å². The van der Waals surface area contributed by atoms with Crippen LogP contribution in [0.5, 0.6) is 0 Å². The Kier molecular flexibility index (Phi) is 10.3. The van der Waals surface area contributed by atoms with Gasteiger partial charge in [-0.1, -0.05) is 211 Å². The molecule has 0 amide bonds. The topological polar surface area (TPSA) is 4.93 Å². The molecule has 0 spiro atoms. The number of rotatable bonds is 7. The van der Waals surface area contributed by atoms with E-state index in [2.05, 4.69) is 259 Å². The van der Waals surface area contributed by atoms with E-state index in [-0.39, 0.29) is 10.8 Å². The van der Waals surface area contributed by atoms with Crippen molar-refractivity contribution in [3.63, 3.8) is 0 Å². The molecule has 11 aromatic rings. The fraction of sp³-hybridized carbons (Fsp3) is 0.152. The maximum Gasteiger partial charge on any atom is 0.0491 e. The third-order valence-electron chi connectivity index (χ3n) is 14.1. The molecule has 0 atom stereocenters. The Bertz CT molecular complexity index is 3610. The van der Waals surface area contributed by atoms with Crippen molar-refractivity contribution in [2.75, 3.05) is 0 Å². The van der Waals surface area contributed by atoms with E-state index in [9.17, 15) is 0 Å². The van der Waals surface area contributed by atoms with E-state index in [1.807, 2.05) is 0 Å². The van der Waals surface area contributed by atoms with E-state index in [1.54, 1.807) is 0 Å². The van der Waals surface area contributed by atoms with E-state index in [1.165, 1.54) is 121 Å². The number of fused-ring (bicyclic) bond motifs is 5. The van der Waals surface area contributed by atoms with Gasteiger partial charge in [0.1, 0.15) is 0 Å². The zero-order valence-electron chi connectivity index (χ0n) is 39.8. The zero-order chi connectivity index (χ0) is 46.0. The van der Waals surface area contributed by atoms with Crippen LogP contribution in [0.25, 0.3) is 110 Å². The Morgan fingerprint density at radius 3 is 0.955 bits per heavy atom. The lowest BCUT2D eigenvalue weighted by Gasteiger charge is -2.25. The Hall–Kier alpha value is -7.48. The first-order valence-corrected chi connectivity index (χ1v) is 24.0. The molecular weight excluding hydrogens is 807 g/mol. The lowest BCUT2D eigenvalue weighted by Crippen LogP contribution is -2.11. The van der Waals surface area contributed by atoms with E-state index < -0.39 is 0 Å². The van der Waals surface area contributed by atoms with E-state index >= 15 is 0 Å². The standard InChI is InChI=1S/C66H57N/c1-8-67-61-37-31-51(44-17-13-10-14-18-44)39-57(61)58-40-52(32-38-62(58)67)48-21-19-46(20-22-48)47-25-29-50(30-26-47)64-56-36-34-53(65(2,3)4)41-59(56)63(55-35-33-54(42-60(55)64)66(5,6)7)49-27-23-45(24-28-49)43-15-11-9-12-16-43/h9-42H,8H2,1-7H3. The van der Waals surface area contributed by atoms with Crippen molar-refractivity contribution in [2.45, 2.75) is 65.8 Å². The highest BCUT2D eigenvalue weighted by molar-refractivity contribution is 6.22. The summed E-state index contributed by atoms with van der Waals surface area (Å²) in [6, 6.07) is 77.3. The summed E-state index contributed by atoms with van der Waals surface area (Å²) < 4.78 is 2.44. The molecule has 1 heterocycles. The highest BCUT2D eigenvalue weighted by Crippen LogP contribution is 2.47. The number of hydrogen-bond donors (Lipinski definition) is 0. The molecule has 1 heteroatoms. The van der Waals surface area contributed by atoms with Crippen molar-refractivity contribution < 1.29 is 0 Å². The second-order valence-electron chi connectivity index (χ2n) is 20.4. The normalized spacial score (nSPS) is 12.2. The minimum atomic E-state index is -0.00390. The summed E-state index contributed by atoms with van der Waals surface area (Å²) in [4.78, 5) is 0. The number of benzene rings is 10. The highest BCUT2D eigenvalue weighted by atomic mass is 15.0. The molecule has 0 radical (unpaired) electrons. The molecular formula is C66H57N. The highest BCUT2D eigenvalue weighted by Gasteiger charge is 2.23. The summed E-state index contributed by atoms with van der Waals surface area (Å²) in [6.07, 6.45) is 0. The minimum absolute atomic E-state index is 0.000145. The first-order chi connectivity index (χ1) is 32.4. The Morgan fingerprint density at radius 2 is 0.597 bits per heavy atom. The Balaban J connectivity index is 0.996. The van der Waals surface area contributed by atoms with Gasteiger partial charge in [0.2, 0.25) is 0 Å². The van der Waals surface area contributed by atoms with Crippen LogP contribution in [-0.4, -0.2) is 4.57 Å². The maximum absolute atomic E-state index is 2.47. The van der Waals surface area contributed by atoms with Crippen molar-refractivity contribution >= 4 is 43.4 Å². The predicted octanol–water partition coefficient (Wildman–Crippen LogP) is 18.7. The third-order valence-corrected chi connectivity index (χ3v) is 14.1. The fourth-order valence-corrected chi connectivity index (χ4v) is 10.4. The molecule has 67 heavy (non-hydrogen) atoms. The van der Waals surface area contributed by atoms with Gasteiger partial charge in [-0.25, -0.2) is 0 Å². The molecule has 0 bridgehead atoms. The summed E-state index contributed by atoms with van der Waals surface area (Å²) in [7, 11) is 0. The number of aryl methyl sites for hydroxylation is 1. The molecule has 0 unspecified atom stereocenters. The molecule has 1 aromatic heterocycles. The van der Waals surface area contributed by atoms with Gasteiger partial charge in [0, 0.05) is 28.4 Å². The zero-order valence-corrected chi connectivity index (χ0v) is 39.8. The van der Waals surface area contributed by atoms with Gasteiger partial charge in [0.05, 0.1) is 0 Å². The van der Waals surface area contributed by atoms with Crippen LogP contribution in [0.2, 0.25) is 0 Å². The van der Waals surface area contributed by atoms with Gasteiger partial charge in [0.15, 0.2) is 0 Å². The second kappa shape index (κ2) is 16.4. The summed E-state index contributed by atoms with van der Waals surface area (Å²) in [5, 5.41) is 7.74.